The monoisotopic (exact) mass is 261 g/mol. The van der Waals surface area contributed by atoms with Crippen LogP contribution in [0.2, 0.25) is 0 Å². The van der Waals surface area contributed by atoms with Gasteiger partial charge in [-0.3, -0.25) is 10.1 Å². The van der Waals surface area contributed by atoms with E-state index in [0.29, 0.717) is 13.2 Å². The second-order valence-electron chi connectivity index (χ2n) is 3.46. The van der Waals surface area contributed by atoms with Crippen molar-refractivity contribution < 1.29 is 14.4 Å². The van der Waals surface area contributed by atoms with Gasteiger partial charge in [-0.25, -0.2) is 9.59 Å². The van der Waals surface area contributed by atoms with E-state index in [2.05, 4.69) is 5.32 Å². The molecule has 0 aromatic carbocycles. The Bertz CT molecular complexity index is 379. The molecule has 1 fully saturated rings. The molecule has 2 heterocycles. The Labute approximate surface area is 100 Å². The normalized spacial score (nSPS) is 28.8. The first-order chi connectivity index (χ1) is 7.61. The van der Waals surface area contributed by atoms with Crippen molar-refractivity contribution in [2.75, 3.05) is 19.8 Å². The molecule has 5 nitrogen and oxygen atoms in total. The third-order valence-electron chi connectivity index (χ3n) is 2.49. The highest BCUT2D eigenvalue weighted by molar-refractivity contribution is 8.28. The van der Waals surface area contributed by atoms with Crippen LogP contribution in [0.15, 0.2) is 11.5 Å². The van der Waals surface area contributed by atoms with E-state index in [-0.39, 0.29) is 5.91 Å². The van der Waals surface area contributed by atoms with Crippen LogP contribution < -0.4 is 5.32 Å². The van der Waals surface area contributed by atoms with E-state index in [0.717, 1.165) is 6.54 Å². The summed E-state index contributed by atoms with van der Waals surface area (Å²) in [6.45, 7) is 1.79. The molecule has 2 unspecified atom stereocenters. The molecule has 0 aromatic heterocycles. The molecule has 0 bridgehead atoms. The van der Waals surface area contributed by atoms with E-state index in [1.807, 2.05) is 0 Å². The van der Waals surface area contributed by atoms with E-state index >= 15 is 0 Å². The molecule has 2 atom stereocenters. The van der Waals surface area contributed by atoms with Gasteiger partial charge in [0.25, 0.3) is 0 Å². The fraction of sp³-hybridized carbons (Fsp3) is 0.444. The first-order valence-electron chi connectivity index (χ1n) is 4.75. The van der Waals surface area contributed by atoms with Gasteiger partial charge in [0.2, 0.25) is 5.91 Å². The molecular formula is C9H10ClN2O3S+. The predicted octanol–water partition coefficient (Wildman–Crippen LogP) is 0.0229. The number of carbonyl (C=O) groups excluding carboxylic acids is 3. The number of rotatable bonds is 1. The molecule has 0 aromatic rings. The zero-order valence-corrected chi connectivity index (χ0v) is 9.88. The molecular weight excluding hydrogens is 252 g/mol. The Hall–Kier alpha value is -0.850. The molecule has 16 heavy (non-hydrogen) atoms. The summed E-state index contributed by atoms with van der Waals surface area (Å²) in [5.41, 5.74) is 0. The lowest BCUT2D eigenvalue weighted by molar-refractivity contribution is -0.135. The summed E-state index contributed by atoms with van der Waals surface area (Å²) in [6.07, 6.45) is 1.48. The number of carbonyl (C=O) groups is 3. The largest absolute Gasteiger partial charge is 0.439 e. The average molecular weight is 262 g/mol. The Morgan fingerprint density at radius 2 is 2.31 bits per heavy atom. The van der Waals surface area contributed by atoms with Crippen LogP contribution in [0.3, 0.4) is 0 Å². The van der Waals surface area contributed by atoms with E-state index in [4.69, 9.17) is 11.6 Å². The summed E-state index contributed by atoms with van der Waals surface area (Å²) in [5, 5.41) is 4.05. The summed E-state index contributed by atoms with van der Waals surface area (Å²) < 4.78 is -0.698. The van der Waals surface area contributed by atoms with Crippen LogP contribution in [0.1, 0.15) is 0 Å². The van der Waals surface area contributed by atoms with Crippen LogP contribution in [-0.4, -0.2) is 40.3 Å². The second-order valence-corrected chi connectivity index (χ2v) is 5.75. The number of halogens is 1. The van der Waals surface area contributed by atoms with Crippen molar-refractivity contribution in [1.82, 2.24) is 10.2 Å². The fourth-order valence-corrected chi connectivity index (χ4v) is 3.20. The van der Waals surface area contributed by atoms with Gasteiger partial charge in [-0.1, -0.05) is 0 Å². The van der Waals surface area contributed by atoms with Gasteiger partial charge in [0.1, 0.15) is 5.41 Å². The fourth-order valence-electron chi connectivity index (χ4n) is 1.65. The summed E-state index contributed by atoms with van der Waals surface area (Å²) in [7, 11) is -1.24. The zero-order chi connectivity index (χ0) is 11.7. The van der Waals surface area contributed by atoms with Crippen LogP contribution in [0, 0.1) is 5.92 Å². The molecule has 2 rings (SSSR count). The van der Waals surface area contributed by atoms with Crippen molar-refractivity contribution >= 4 is 38.1 Å². The predicted molar refractivity (Wildman–Crippen MR) is 60.8 cm³/mol. The summed E-state index contributed by atoms with van der Waals surface area (Å²) in [6, 6.07) is 0. The highest BCUT2D eigenvalue weighted by Crippen LogP contribution is 2.24. The maximum atomic E-state index is 11.9. The maximum Gasteiger partial charge on any atom is 0.439 e. The number of hydrogen-bond acceptors (Lipinski definition) is 4. The number of nitrogens with zero attached hydrogens (tertiary/aromatic N) is 1. The summed E-state index contributed by atoms with van der Waals surface area (Å²) >= 11 is 5.27. The van der Waals surface area contributed by atoms with Gasteiger partial charge in [0.05, 0.1) is 6.67 Å². The van der Waals surface area contributed by atoms with Crippen molar-refractivity contribution in [2.45, 2.75) is 0 Å². The maximum absolute atomic E-state index is 11.9. The molecule has 2 aliphatic rings. The Morgan fingerprint density at radius 3 is 2.81 bits per heavy atom. The lowest BCUT2D eigenvalue weighted by atomic mass is 10.1. The van der Waals surface area contributed by atoms with Gasteiger partial charge < -0.3 is 4.90 Å². The van der Waals surface area contributed by atoms with E-state index in [9.17, 15) is 14.4 Å². The molecule has 7 heteroatoms. The van der Waals surface area contributed by atoms with Gasteiger partial charge >= 0.3 is 9.69 Å². The van der Waals surface area contributed by atoms with Gasteiger partial charge in [-0.2, -0.15) is 0 Å². The minimum atomic E-state index is -1.24. The molecule has 86 valence electrons. The number of amides is 1. The number of hydrogen-bond donors (Lipinski definition) is 1. The van der Waals surface area contributed by atoms with E-state index in [1.54, 1.807) is 4.90 Å². The van der Waals surface area contributed by atoms with Crippen LogP contribution in [0.25, 0.3) is 0 Å². The third-order valence-corrected chi connectivity index (χ3v) is 4.45. The van der Waals surface area contributed by atoms with Crippen molar-refractivity contribution in [1.29, 1.82) is 0 Å². The standard InChI is InChI=1S/C9H10ClN2O3S/c10-9(15)16-4-1-6(8(16)14)7(13)12-3-2-11-5-12/h1,4,6,11H,2-3,5H2/q+1. The van der Waals surface area contributed by atoms with Gasteiger partial charge in [-0.05, 0) is 6.08 Å². The molecule has 1 saturated heterocycles. The van der Waals surface area contributed by atoms with Crippen LogP contribution in [0.4, 0.5) is 4.79 Å². The molecule has 0 aliphatic carbocycles. The quantitative estimate of drug-likeness (QED) is 0.411. The first-order valence-corrected chi connectivity index (χ1v) is 6.42. The SMILES string of the molecule is O=C(C1C=C[S+](C(=O)Cl)C1=O)N1CCNC1. The van der Waals surface area contributed by atoms with E-state index < -0.39 is 26.5 Å². The van der Waals surface area contributed by atoms with E-state index in [1.165, 1.54) is 11.5 Å². The average Bonchev–Trinajstić information content (AvgIpc) is 2.84. The lowest BCUT2D eigenvalue weighted by Crippen LogP contribution is -2.38. The zero-order valence-electron chi connectivity index (χ0n) is 8.31. The summed E-state index contributed by atoms with van der Waals surface area (Å²) in [5.74, 6) is -1.08. The highest BCUT2D eigenvalue weighted by Gasteiger charge is 2.49. The lowest BCUT2D eigenvalue weighted by Gasteiger charge is -2.15. The molecule has 0 saturated carbocycles. The van der Waals surface area contributed by atoms with Crippen LogP contribution >= 0.6 is 11.6 Å². The Kier molecular flexibility index (Phi) is 3.32. The van der Waals surface area contributed by atoms with Gasteiger partial charge in [0.15, 0.2) is 16.8 Å². The summed E-state index contributed by atoms with van der Waals surface area (Å²) in [4.78, 5) is 36.1. The van der Waals surface area contributed by atoms with Gasteiger partial charge in [-0.15, -0.1) is 0 Å². The highest BCUT2D eigenvalue weighted by atomic mass is 35.5. The Morgan fingerprint density at radius 1 is 1.56 bits per heavy atom. The van der Waals surface area contributed by atoms with Crippen LogP contribution in [-0.2, 0) is 20.5 Å². The van der Waals surface area contributed by atoms with Crippen molar-refractivity contribution in [3.63, 3.8) is 0 Å². The minimum Gasteiger partial charge on any atom is -0.328 e. The molecule has 1 amide bonds. The smallest absolute Gasteiger partial charge is 0.328 e. The second kappa shape index (κ2) is 4.57. The van der Waals surface area contributed by atoms with Crippen molar-refractivity contribution in [3.8, 4) is 0 Å². The van der Waals surface area contributed by atoms with Crippen molar-refractivity contribution in [3.05, 3.63) is 11.5 Å². The topological polar surface area (TPSA) is 66.5 Å². The van der Waals surface area contributed by atoms with Gasteiger partial charge in [0, 0.05) is 24.7 Å². The van der Waals surface area contributed by atoms with Crippen LogP contribution in [0.5, 0.6) is 0 Å². The first kappa shape index (κ1) is 11.6. The molecule has 0 spiro atoms. The molecule has 2 aliphatic heterocycles. The third kappa shape index (κ3) is 2.00. The molecule has 0 radical (unpaired) electrons. The van der Waals surface area contributed by atoms with Crippen molar-refractivity contribution in [2.24, 2.45) is 5.92 Å². The Balaban J connectivity index is 2.07. The minimum absolute atomic E-state index is 0.251. The number of nitrogens with one attached hydrogen (secondary N) is 1. The molecule has 1 N–H and O–H groups in total.